The Bertz CT molecular complexity index is 305. The van der Waals surface area contributed by atoms with Crippen LogP contribution in [0.5, 0.6) is 0 Å². The minimum absolute atomic E-state index is 0.0279. The lowest BCUT2D eigenvalue weighted by Gasteiger charge is -2.25. The number of carbonyl (C=O) groups excluding carboxylic acids is 2. The molecule has 1 amide bonds. The molecule has 0 rings (SSSR count). The molecule has 0 aliphatic heterocycles. The predicted octanol–water partition coefficient (Wildman–Crippen LogP) is 2.26. The first kappa shape index (κ1) is 16.5. The molecule has 1 unspecified atom stereocenters. The fourth-order valence-electron chi connectivity index (χ4n) is 1.06. The second kappa shape index (κ2) is 7.03. The van der Waals surface area contributed by atoms with Crippen molar-refractivity contribution in [1.29, 1.82) is 0 Å². The van der Waals surface area contributed by atoms with E-state index in [4.69, 9.17) is 9.47 Å². The molecule has 18 heavy (non-hydrogen) atoms. The summed E-state index contributed by atoms with van der Waals surface area (Å²) in [4.78, 5) is 22.6. The Morgan fingerprint density at radius 3 is 2.28 bits per heavy atom. The zero-order valence-electron chi connectivity index (χ0n) is 11.8. The molecule has 0 radical (unpaired) electrons. The topological polar surface area (TPSA) is 64.6 Å². The molecule has 0 aromatic rings. The fraction of sp³-hybridized carbons (Fsp3) is 0.692. The van der Waals surface area contributed by atoms with E-state index in [0.29, 0.717) is 0 Å². The van der Waals surface area contributed by atoms with Crippen LogP contribution in [0.2, 0.25) is 0 Å². The van der Waals surface area contributed by atoms with Crippen molar-refractivity contribution in [1.82, 2.24) is 5.32 Å². The maximum Gasteiger partial charge on any atom is 0.407 e. The van der Waals surface area contributed by atoms with Crippen molar-refractivity contribution in [2.45, 2.75) is 46.3 Å². The van der Waals surface area contributed by atoms with Gasteiger partial charge in [-0.05, 0) is 26.7 Å². The van der Waals surface area contributed by atoms with Gasteiger partial charge in [0.1, 0.15) is 12.7 Å². The van der Waals surface area contributed by atoms with Gasteiger partial charge in [0.25, 0.3) is 0 Å². The third kappa shape index (κ3) is 7.70. The Balaban J connectivity index is 4.32. The number of hydrogen-bond donors (Lipinski definition) is 1. The van der Waals surface area contributed by atoms with E-state index in [2.05, 4.69) is 11.9 Å². The molecule has 0 aliphatic carbocycles. The summed E-state index contributed by atoms with van der Waals surface area (Å²) in [6.07, 6.45) is 0.0826. The quantitative estimate of drug-likeness (QED) is 0.606. The van der Waals surface area contributed by atoms with Crippen LogP contribution in [-0.2, 0) is 14.3 Å². The third-order valence-corrected chi connectivity index (χ3v) is 2.04. The van der Waals surface area contributed by atoms with Crippen molar-refractivity contribution >= 4 is 12.1 Å². The van der Waals surface area contributed by atoms with Crippen molar-refractivity contribution in [3.05, 3.63) is 12.7 Å². The van der Waals surface area contributed by atoms with E-state index in [1.54, 1.807) is 0 Å². The second-order valence-corrected chi connectivity index (χ2v) is 5.40. The minimum atomic E-state index is -0.527. The molecule has 0 fully saturated rings. The highest BCUT2D eigenvalue weighted by atomic mass is 16.6. The Hall–Kier alpha value is -1.52. The largest absolute Gasteiger partial charge is 0.459 e. The van der Waals surface area contributed by atoms with Gasteiger partial charge < -0.3 is 14.8 Å². The van der Waals surface area contributed by atoms with Crippen molar-refractivity contribution in [3.63, 3.8) is 0 Å². The van der Waals surface area contributed by atoms with Crippen molar-refractivity contribution in [2.75, 3.05) is 6.61 Å². The Labute approximate surface area is 109 Å². The average molecular weight is 257 g/mol. The molecule has 0 aliphatic rings. The molecular formula is C13H23NO4. The first-order chi connectivity index (χ1) is 8.15. The van der Waals surface area contributed by atoms with Crippen molar-refractivity contribution < 1.29 is 19.1 Å². The number of ether oxygens (including phenoxy) is 2. The van der Waals surface area contributed by atoms with Crippen LogP contribution in [0, 0.1) is 5.92 Å². The summed E-state index contributed by atoms with van der Waals surface area (Å²) in [6.45, 7) is 12.7. The molecule has 0 aromatic heterocycles. The highest BCUT2D eigenvalue weighted by Gasteiger charge is 2.22. The summed E-state index contributed by atoms with van der Waals surface area (Å²) in [6, 6.07) is 0. The van der Waals surface area contributed by atoms with Gasteiger partial charge in [-0.1, -0.05) is 20.4 Å². The van der Waals surface area contributed by atoms with Gasteiger partial charge >= 0.3 is 12.1 Å². The lowest BCUT2D eigenvalue weighted by molar-refractivity contribution is -0.141. The zero-order valence-corrected chi connectivity index (χ0v) is 11.8. The highest BCUT2D eigenvalue weighted by molar-refractivity contribution is 5.81. The van der Waals surface area contributed by atoms with Crippen LogP contribution >= 0.6 is 0 Å². The molecule has 1 atom stereocenters. The number of alkyl carbamates (subject to hydrolysis) is 1. The van der Waals surface area contributed by atoms with E-state index in [0.717, 1.165) is 6.08 Å². The number of amides is 1. The molecule has 0 bridgehead atoms. The maximum absolute atomic E-state index is 11.6. The number of esters is 1. The Kier molecular flexibility index (Phi) is 6.44. The number of hydrogen-bond acceptors (Lipinski definition) is 4. The zero-order chi connectivity index (χ0) is 14.3. The fourth-order valence-corrected chi connectivity index (χ4v) is 1.06. The van der Waals surface area contributed by atoms with Crippen LogP contribution in [0.15, 0.2) is 12.7 Å². The molecule has 0 aromatic carbocycles. The summed E-state index contributed by atoms with van der Waals surface area (Å²) >= 11 is 0. The summed E-state index contributed by atoms with van der Waals surface area (Å²) in [5.41, 5.74) is -0.365. The van der Waals surface area contributed by atoms with E-state index in [-0.39, 0.29) is 18.1 Å². The van der Waals surface area contributed by atoms with Gasteiger partial charge in [0, 0.05) is 11.6 Å². The van der Waals surface area contributed by atoms with Gasteiger partial charge in [-0.25, -0.2) is 9.59 Å². The first-order valence-corrected chi connectivity index (χ1v) is 5.93. The highest BCUT2D eigenvalue weighted by Crippen LogP contribution is 2.09. The van der Waals surface area contributed by atoms with Crippen LogP contribution in [0.4, 0.5) is 4.79 Å². The van der Waals surface area contributed by atoms with Gasteiger partial charge in [0.2, 0.25) is 0 Å². The number of nitrogens with one attached hydrogen (secondary N) is 1. The van der Waals surface area contributed by atoms with Gasteiger partial charge in [0.15, 0.2) is 0 Å². The second-order valence-electron chi connectivity index (χ2n) is 5.40. The molecule has 0 saturated carbocycles. The van der Waals surface area contributed by atoms with Crippen molar-refractivity contribution in [2.24, 2.45) is 5.92 Å². The number of rotatable bonds is 5. The van der Waals surface area contributed by atoms with Gasteiger partial charge in [-0.3, -0.25) is 0 Å². The molecule has 5 nitrogen and oxygen atoms in total. The first-order valence-electron chi connectivity index (χ1n) is 5.93. The monoisotopic (exact) mass is 257 g/mol. The van der Waals surface area contributed by atoms with Crippen LogP contribution < -0.4 is 5.32 Å². The van der Waals surface area contributed by atoms with Gasteiger partial charge in [-0.15, -0.1) is 0 Å². The van der Waals surface area contributed by atoms with Crippen LogP contribution in [0.3, 0.4) is 0 Å². The standard InChI is InChI=1S/C13H23NO4/c1-7-11(15)17-8-10(9(2)3)18-12(16)14-13(4,5)6/h7,9-10H,1,8H2,2-6H3,(H,14,16). The molecular weight excluding hydrogens is 234 g/mol. The van der Waals surface area contributed by atoms with E-state index < -0.39 is 18.2 Å². The maximum atomic E-state index is 11.6. The lowest BCUT2D eigenvalue weighted by atomic mass is 10.1. The Morgan fingerprint density at radius 1 is 1.33 bits per heavy atom. The van der Waals surface area contributed by atoms with Gasteiger partial charge in [-0.2, -0.15) is 0 Å². The summed E-state index contributed by atoms with van der Waals surface area (Å²) < 4.78 is 10.1. The molecule has 0 heterocycles. The molecule has 104 valence electrons. The third-order valence-electron chi connectivity index (χ3n) is 2.04. The lowest BCUT2D eigenvalue weighted by Crippen LogP contribution is -2.43. The van der Waals surface area contributed by atoms with E-state index in [1.807, 2.05) is 34.6 Å². The van der Waals surface area contributed by atoms with Gasteiger partial charge in [0.05, 0.1) is 0 Å². The Morgan fingerprint density at radius 2 is 1.89 bits per heavy atom. The van der Waals surface area contributed by atoms with Crippen LogP contribution in [-0.4, -0.2) is 30.3 Å². The van der Waals surface area contributed by atoms with E-state index in [9.17, 15) is 9.59 Å². The molecule has 0 spiro atoms. The summed E-state index contributed by atoms with van der Waals surface area (Å²) in [5.74, 6) is -0.478. The van der Waals surface area contributed by atoms with E-state index in [1.165, 1.54) is 0 Å². The average Bonchev–Trinajstić information content (AvgIpc) is 2.20. The molecule has 5 heteroatoms. The summed E-state index contributed by atoms with van der Waals surface area (Å²) in [7, 11) is 0. The normalized spacial score (nSPS) is 12.8. The SMILES string of the molecule is C=CC(=O)OCC(OC(=O)NC(C)(C)C)C(C)C. The molecule has 1 N–H and O–H groups in total. The predicted molar refractivity (Wildman–Crippen MR) is 69.2 cm³/mol. The smallest absolute Gasteiger partial charge is 0.407 e. The minimum Gasteiger partial charge on any atom is -0.459 e. The van der Waals surface area contributed by atoms with Crippen molar-refractivity contribution in [3.8, 4) is 0 Å². The van der Waals surface area contributed by atoms with Crippen LogP contribution in [0.25, 0.3) is 0 Å². The molecule has 0 saturated heterocycles. The number of carbonyl (C=O) groups is 2. The van der Waals surface area contributed by atoms with Crippen LogP contribution in [0.1, 0.15) is 34.6 Å². The summed E-state index contributed by atoms with van der Waals surface area (Å²) in [5, 5.41) is 2.68. The van der Waals surface area contributed by atoms with E-state index >= 15 is 0 Å².